The molecule has 0 saturated carbocycles. The zero-order valence-electron chi connectivity index (χ0n) is 19.3. The summed E-state index contributed by atoms with van der Waals surface area (Å²) in [4.78, 5) is 0.441. The minimum atomic E-state index is -3.88. The zero-order valence-corrected chi connectivity index (χ0v) is 20.9. The molecule has 0 N–H and O–H groups in total. The van der Waals surface area contributed by atoms with Gasteiger partial charge in [-0.25, -0.2) is 16.8 Å². The number of sulfone groups is 2. The summed E-state index contributed by atoms with van der Waals surface area (Å²) in [6.45, 7) is 0.144. The molecule has 0 radical (unpaired) electrons. The average molecular weight is 512 g/mol. The molecular formula is C26H25NO6S2. The van der Waals surface area contributed by atoms with Gasteiger partial charge in [-0.1, -0.05) is 42.5 Å². The number of allylic oxidation sites excluding steroid dienone is 1. The van der Waals surface area contributed by atoms with E-state index in [1.165, 1.54) is 32.4 Å². The van der Waals surface area contributed by atoms with Gasteiger partial charge in [-0.3, -0.25) is 0 Å². The van der Waals surface area contributed by atoms with E-state index in [-0.39, 0.29) is 27.8 Å². The third kappa shape index (κ3) is 4.88. The number of methoxy groups -OCH3 is 2. The van der Waals surface area contributed by atoms with Crippen LogP contribution in [-0.2, 0) is 37.6 Å². The number of ether oxygens (including phenoxy) is 2. The number of hydrogen-bond acceptors (Lipinski definition) is 6. The van der Waals surface area contributed by atoms with E-state index in [0.717, 1.165) is 5.41 Å². The van der Waals surface area contributed by atoms with Crippen molar-refractivity contribution in [1.82, 2.24) is 4.57 Å². The molecule has 4 aromatic rings. The largest absolute Gasteiger partial charge is 0.496 e. The van der Waals surface area contributed by atoms with Gasteiger partial charge >= 0.3 is 0 Å². The summed E-state index contributed by atoms with van der Waals surface area (Å²) in [7, 11) is -4.51. The van der Waals surface area contributed by atoms with Gasteiger partial charge in [-0.2, -0.15) is 0 Å². The van der Waals surface area contributed by atoms with Crippen LogP contribution in [0.3, 0.4) is 0 Å². The van der Waals surface area contributed by atoms with E-state index in [2.05, 4.69) is 0 Å². The predicted octanol–water partition coefficient (Wildman–Crippen LogP) is 4.62. The Hall–Kier alpha value is -3.40. The number of nitrogens with zero attached hydrogens (tertiary/aromatic N) is 1. The van der Waals surface area contributed by atoms with Crippen LogP contribution in [0.25, 0.3) is 10.9 Å². The number of hydrogen-bond donors (Lipinski definition) is 0. The van der Waals surface area contributed by atoms with Crippen LogP contribution in [0.15, 0.2) is 105 Å². The first kappa shape index (κ1) is 24.7. The highest BCUT2D eigenvalue weighted by Gasteiger charge is 2.26. The van der Waals surface area contributed by atoms with Crippen LogP contribution in [0, 0.1) is 0 Å². The van der Waals surface area contributed by atoms with Gasteiger partial charge in [0.25, 0.3) is 0 Å². The molecule has 0 fully saturated rings. The molecular weight excluding hydrogens is 486 g/mol. The number of aromatic nitrogens is 1. The Bertz CT molecular complexity index is 1570. The van der Waals surface area contributed by atoms with Crippen molar-refractivity contribution in [2.24, 2.45) is 0 Å². The van der Waals surface area contributed by atoms with Crippen LogP contribution in [0.5, 0.6) is 5.75 Å². The highest BCUT2D eigenvalue weighted by atomic mass is 32.2. The summed E-state index contributed by atoms with van der Waals surface area (Å²) in [5.41, 5.74) is 1.20. The Morgan fingerprint density at radius 3 is 2.06 bits per heavy atom. The lowest BCUT2D eigenvalue weighted by Gasteiger charge is -2.11. The molecule has 0 bridgehead atoms. The summed E-state index contributed by atoms with van der Waals surface area (Å²) in [5, 5.41) is 1.60. The highest BCUT2D eigenvalue weighted by Crippen LogP contribution is 2.37. The lowest BCUT2D eigenvalue weighted by Crippen LogP contribution is -2.03. The van der Waals surface area contributed by atoms with Crippen molar-refractivity contribution < 1.29 is 26.3 Å². The van der Waals surface area contributed by atoms with Crippen LogP contribution in [0.2, 0.25) is 0 Å². The first-order valence-electron chi connectivity index (χ1n) is 10.7. The Morgan fingerprint density at radius 1 is 0.829 bits per heavy atom. The summed E-state index contributed by atoms with van der Waals surface area (Å²) in [6, 6.07) is 19.8. The molecule has 0 spiro atoms. The molecule has 7 nitrogen and oxygen atoms in total. The van der Waals surface area contributed by atoms with Crippen LogP contribution in [0.4, 0.5) is 0 Å². The zero-order chi connectivity index (χ0) is 25.1. The molecule has 0 aliphatic heterocycles. The van der Waals surface area contributed by atoms with Gasteiger partial charge in [0.2, 0.25) is 9.84 Å². The molecule has 0 saturated heterocycles. The second-order valence-electron chi connectivity index (χ2n) is 7.77. The second-order valence-corrected chi connectivity index (χ2v) is 11.5. The fourth-order valence-corrected chi connectivity index (χ4v) is 6.53. The van der Waals surface area contributed by atoms with Crippen LogP contribution < -0.4 is 4.74 Å². The van der Waals surface area contributed by atoms with E-state index in [9.17, 15) is 16.8 Å². The molecule has 35 heavy (non-hydrogen) atoms. The van der Waals surface area contributed by atoms with E-state index in [1.807, 2.05) is 0 Å². The fourth-order valence-electron chi connectivity index (χ4n) is 3.96. The standard InChI is InChI=1S/C26H25NO6S2/c1-32-19-27-18-25(35(30,31)21-12-7-4-8-13-21)26-22(24(33-2)16-15-23(26)27)14-9-17-34(28,29)20-10-5-3-6-11-20/h3-13,15-18H,14,19H2,1-2H3/b17-9+. The first-order chi connectivity index (χ1) is 16.8. The molecule has 182 valence electrons. The highest BCUT2D eigenvalue weighted by molar-refractivity contribution is 7.94. The van der Waals surface area contributed by atoms with Crippen LogP contribution in [-0.4, -0.2) is 35.6 Å². The van der Waals surface area contributed by atoms with E-state index >= 15 is 0 Å². The molecule has 0 atom stereocenters. The van der Waals surface area contributed by atoms with Gasteiger partial charge in [0.15, 0.2) is 9.84 Å². The molecule has 3 aromatic carbocycles. The Kier molecular flexibility index (Phi) is 7.11. The maximum absolute atomic E-state index is 13.6. The maximum Gasteiger partial charge on any atom is 0.208 e. The minimum absolute atomic E-state index is 0.101. The van der Waals surface area contributed by atoms with E-state index in [1.54, 1.807) is 71.4 Å². The number of rotatable bonds is 9. The smallest absolute Gasteiger partial charge is 0.208 e. The lowest BCUT2D eigenvalue weighted by atomic mass is 10.1. The van der Waals surface area contributed by atoms with E-state index in [4.69, 9.17) is 9.47 Å². The molecule has 0 aliphatic rings. The van der Waals surface area contributed by atoms with Gasteiger partial charge in [0.05, 0.1) is 27.3 Å². The van der Waals surface area contributed by atoms with Crippen LogP contribution >= 0.6 is 0 Å². The number of fused-ring (bicyclic) bond motifs is 1. The van der Waals surface area contributed by atoms with Crippen molar-refractivity contribution >= 4 is 30.6 Å². The summed E-state index contributed by atoms with van der Waals surface area (Å²) >= 11 is 0. The van der Waals surface area contributed by atoms with Crippen molar-refractivity contribution in [2.45, 2.75) is 27.8 Å². The van der Waals surface area contributed by atoms with Gasteiger partial charge in [-0.05, 0) is 42.8 Å². The molecule has 9 heteroatoms. The molecule has 0 aliphatic carbocycles. The minimum Gasteiger partial charge on any atom is -0.496 e. The van der Waals surface area contributed by atoms with Crippen molar-refractivity contribution in [3.05, 3.63) is 96.0 Å². The molecule has 4 rings (SSSR count). The molecule has 1 heterocycles. The molecule has 0 unspecified atom stereocenters. The maximum atomic E-state index is 13.6. The second kappa shape index (κ2) is 10.1. The quantitative estimate of drug-likeness (QED) is 0.326. The third-order valence-corrected chi connectivity index (χ3v) is 8.84. The Morgan fingerprint density at radius 2 is 1.46 bits per heavy atom. The van der Waals surface area contributed by atoms with Gasteiger partial charge in [0, 0.05) is 29.7 Å². The van der Waals surface area contributed by atoms with Crippen molar-refractivity contribution in [1.29, 1.82) is 0 Å². The van der Waals surface area contributed by atoms with Gasteiger partial charge in [0.1, 0.15) is 12.5 Å². The SMILES string of the molecule is COCn1cc(S(=O)(=O)c2ccccc2)c2c(C/C=C/S(=O)(=O)c3ccccc3)c(OC)ccc21. The predicted molar refractivity (Wildman–Crippen MR) is 134 cm³/mol. The van der Waals surface area contributed by atoms with Crippen LogP contribution in [0.1, 0.15) is 5.56 Å². The Labute approximate surface area is 205 Å². The lowest BCUT2D eigenvalue weighted by molar-refractivity contribution is 0.134. The summed E-state index contributed by atoms with van der Waals surface area (Å²) in [6.07, 6.45) is 3.19. The first-order valence-corrected chi connectivity index (χ1v) is 13.8. The topological polar surface area (TPSA) is 91.7 Å². The normalized spacial score (nSPS) is 12.4. The van der Waals surface area contributed by atoms with Gasteiger partial charge in [-0.15, -0.1) is 0 Å². The average Bonchev–Trinajstić information content (AvgIpc) is 3.25. The summed E-state index contributed by atoms with van der Waals surface area (Å²) < 4.78 is 65.2. The number of benzene rings is 3. The van der Waals surface area contributed by atoms with Crippen molar-refractivity contribution in [3.8, 4) is 5.75 Å². The Balaban J connectivity index is 1.88. The molecule has 1 aromatic heterocycles. The molecule has 0 amide bonds. The fraction of sp³-hybridized carbons (Fsp3) is 0.154. The van der Waals surface area contributed by atoms with E-state index < -0.39 is 19.7 Å². The van der Waals surface area contributed by atoms with Gasteiger partial charge < -0.3 is 14.0 Å². The third-order valence-electron chi connectivity index (χ3n) is 5.58. The van der Waals surface area contributed by atoms with Crippen molar-refractivity contribution in [3.63, 3.8) is 0 Å². The van der Waals surface area contributed by atoms with E-state index in [0.29, 0.717) is 22.2 Å². The van der Waals surface area contributed by atoms with Crippen molar-refractivity contribution in [2.75, 3.05) is 14.2 Å². The summed E-state index contributed by atoms with van der Waals surface area (Å²) in [5.74, 6) is 0.457. The monoisotopic (exact) mass is 511 g/mol.